The topological polar surface area (TPSA) is 51.9 Å². The lowest BCUT2D eigenvalue weighted by atomic mass is 10.2. The Morgan fingerprint density at radius 2 is 2.00 bits per heavy atom. The zero-order valence-corrected chi connectivity index (χ0v) is 15.2. The van der Waals surface area contributed by atoms with E-state index >= 15 is 0 Å². The van der Waals surface area contributed by atoms with Crippen LogP contribution in [0.2, 0.25) is 5.02 Å². The molecule has 6 heteroatoms. The third-order valence-electron chi connectivity index (χ3n) is 4.55. The summed E-state index contributed by atoms with van der Waals surface area (Å²) in [5, 5.41) is 4.73. The number of hydrogen-bond donors (Lipinski definition) is 1. The Labute approximate surface area is 156 Å². The lowest BCUT2D eigenvalue weighted by Crippen LogP contribution is -2.30. The minimum atomic E-state index is -0.0236. The minimum absolute atomic E-state index is 0.0236. The van der Waals surface area contributed by atoms with Gasteiger partial charge in [0.15, 0.2) is 0 Å². The van der Waals surface area contributed by atoms with Gasteiger partial charge in [-0.3, -0.25) is 4.79 Å². The summed E-state index contributed by atoms with van der Waals surface area (Å²) in [6.07, 6.45) is 1.91. The third kappa shape index (κ3) is 3.18. The Balaban J connectivity index is 1.41. The van der Waals surface area contributed by atoms with E-state index in [-0.39, 0.29) is 12.5 Å². The van der Waals surface area contributed by atoms with Gasteiger partial charge in [-0.25, -0.2) is 4.98 Å². The van der Waals surface area contributed by atoms with Crippen molar-refractivity contribution in [2.75, 3.05) is 6.54 Å². The number of hydrogen-bond acceptors (Lipinski definition) is 2. The molecular weight excluding hydrogens is 348 g/mol. The van der Waals surface area contributed by atoms with Crippen molar-refractivity contribution in [3.05, 3.63) is 65.6 Å². The number of nitrogens with one attached hydrogen (secondary N) is 1. The van der Waals surface area contributed by atoms with Crippen LogP contribution in [0.25, 0.3) is 21.9 Å². The number of benzene rings is 2. The molecule has 1 amide bonds. The predicted octanol–water partition coefficient (Wildman–Crippen LogP) is 3.77. The summed E-state index contributed by atoms with van der Waals surface area (Å²) < 4.78 is 4.04. The Bertz CT molecular complexity index is 1100. The maximum absolute atomic E-state index is 12.3. The molecule has 0 atom stereocenters. The lowest BCUT2D eigenvalue weighted by molar-refractivity contribution is -0.121. The van der Waals surface area contributed by atoms with Crippen molar-refractivity contribution in [2.24, 2.45) is 0 Å². The molecule has 0 saturated heterocycles. The van der Waals surface area contributed by atoms with Gasteiger partial charge >= 0.3 is 0 Å². The van der Waals surface area contributed by atoms with E-state index in [9.17, 15) is 4.79 Å². The van der Waals surface area contributed by atoms with Gasteiger partial charge in [-0.2, -0.15) is 0 Å². The second-order valence-electron chi connectivity index (χ2n) is 6.30. The van der Waals surface area contributed by atoms with E-state index in [0.29, 0.717) is 18.1 Å². The molecule has 0 bridgehead atoms. The van der Waals surface area contributed by atoms with Crippen LogP contribution < -0.4 is 5.32 Å². The van der Waals surface area contributed by atoms with Crippen LogP contribution in [0.4, 0.5) is 0 Å². The number of rotatable bonds is 5. The Morgan fingerprint density at radius 3 is 2.88 bits per heavy atom. The molecule has 2 aromatic heterocycles. The van der Waals surface area contributed by atoms with Gasteiger partial charge < -0.3 is 14.5 Å². The molecule has 0 aliphatic heterocycles. The summed E-state index contributed by atoms with van der Waals surface area (Å²) in [5.41, 5.74) is 3.03. The van der Waals surface area contributed by atoms with Gasteiger partial charge in [0, 0.05) is 29.8 Å². The molecule has 0 aliphatic rings. The first-order valence-electron chi connectivity index (χ1n) is 8.55. The van der Waals surface area contributed by atoms with Crippen molar-refractivity contribution in [3.8, 4) is 0 Å². The summed E-state index contributed by atoms with van der Waals surface area (Å²) >= 11 is 6.06. The third-order valence-corrected chi connectivity index (χ3v) is 4.79. The molecule has 26 heavy (non-hydrogen) atoms. The van der Waals surface area contributed by atoms with Gasteiger partial charge in [-0.1, -0.05) is 29.8 Å². The van der Waals surface area contributed by atoms with Crippen molar-refractivity contribution in [1.82, 2.24) is 19.4 Å². The van der Waals surface area contributed by atoms with Crippen LogP contribution in [0, 0.1) is 6.92 Å². The number of carbonyl (C=O) groups is 1. The Morgan fingerprint density at radius 1 is 1.15 bits per heavy atom. The highest BCUT2D eigenvalue weighted by atomic mass is 35.5. The molecule has 5 nitrogen and oxygen atoms in total. The highest BCUT2D eigenvalue weighted by Crippen LogP contribution is 2.20. The van der Waals surface area contributed by atoms with E-state index < -0.39 is 0 Å². The second kappa shape index (κ2) is 6.84. The number of para-hydroxylation sites is 2. The molecule has 4 aromatic rings. The fourth-order valence-corrected chi connectivity index (χ4v) is 3.46. The molecule has 0 saturated carbocycles. The van der Waals surface area contributed by atoms with Crippen LogP contribution in [0.1, 0.15) is 5.82 Å². The number of aromatic nitrogens is 3. The van der Waals surface area contributed by atoms with Gasteiger partial charge in [0.05, 0.1) is 11.0 Å². The SMILES string of the molecule is Cc1nc2ccccc2n1CCNC(=O)Cn1ccc2ccc(Cl)cc21. The van der Waals surface area contributed by atoms with Gasteiger partial charge in [-0.15, -0.1) is 0 Å². The molecular formula is C20H19ClN4O. The standard InChI is InChI=1S/C20H19ClN4O/c1-14-23-17-4-2-3-5-18(17)25(14)11-9-22-20(26)13-24-10-8-15-6-7-16(21)12-19(15)24/h2-8,10,12H,9,11,13H2,1H3,(H,22,26). The molecule has 0 aliphatic carbocycles. The van der Waals surface area contributed by atoms with Crippen LogP contribution in [-0.2, 0) is 17.9 Å². The average Bonchev–Trinajstić information content (AvgIpc) is 3.16. The van der Waals surface area contributed by atoms with Crippen molar-refractivity contribution >= 4 is 39.4 Å². The lowest BCUT2D eigenvalue weighted by Gasteiger charge is -2.10. The van der Waals surface area contributed by atoms with Crippen LogP contribution >= 0.6 is 11.6 Å². The fraction of sp³-hybridized carbons (Fsp3) is 0.200. The van der Waals surface area contributed by atoms with Crippen LogP contribution in [0.5, 0.6) is 0 Å². The zero-order chi connectivity index (χ0) is 18.1. The monoisotopic (exact) mass is 366 g/mol. The second-order valence-corrected chi connectivity index (χ2v) is 6.73. The first-order chi connectivity index (χ1) is 12.6. The Hall–Kier alpha value is -2.79. The van der Waals surface area contributed by atoms with E-state index in [4.69, 9.17) is 11.6 Å². The van der Waals surface area contributed by atoms with Crippen LogP contribution in [0.3, 0.4) is 0 Å². The summed E-state index contributed by atoms with van der Waals surface area (Å²) in [7, 11) is 0. The van der Waals surface area contributed by atoms with Crippen molar-refractivity contribution in [3.63, 3.8) is 0 Å². The highest BCUT2D eigenvalue weighted by molar-refractivity contribution is 6.31. The molecule has 2 aromatic carbocycles. The van der Waals surface area contributed by atoms with E-state index in [1.54, 1.807) is 0 Å². The smallest absolute Gasteiger partial charge is 0.240 e. The van der Waals surface area contributed by atoms with Crippen LogP contribution in [-0.4, -0.2) is 26.6 Å². The van der Waals surface area contributed by atoms with Gasteiger partial charge in [0.1, 0.15) is 12.4 Å². The zero-order valence-electron chi connectivity index (χ0n) is 14.4. The summed E-state index contributed by atoms with van der Waals surface area (Å²) in [6.45, 7) is 3.50. The number of halogens is 1. The predicted molar refractivity (Wildman–Crippen MR) is 104 cm³/mol. The van der Waals surface area contributed by atoms with Crippen molar-refractivity contribution < 1.29 is 4.79 Å². The first-order valence-corrected chi connectivity index (χ1v) is 8.92. The maximum Gasteiger partial charge on any atom is 0.240 e. The first kappa shape index (κ1) is 16.7. The number of nitrogens with zero attached hydrogens (tertiary/aromatic N) is 3. The van der Waals surface area contributed by atoms with Gasteiger partial charge in [0.25, 0.3) is 0 Å². The van der Waals surface area contributed by atoms with E-state index in [0.717, 1.165) is 27.8 Å². The quantitative estimate of drug-likeness (QED) is 0.584. The van der Waals surface area contributed by atoms with E-state index in [1.807, 2.05) is 66.2 Å². The molecule has 0 spiro atoms. The van der Waals surface area contributed by atoms with Crippen molar-refractivity contribution in [2.45, 2.75) is 20.0 Å². The normalized spacial score (nSPS) is 11.3. The number of aryl methyl sites for hydroxylation is 1. The maximum atomic E-state index is 12.3. The average molecular weight is 367 g/mol. The molecule has 0 fully saturated rings. The number of fused-ring (bicyclic) bond motifs is 2. The van der Waals surface area contributed by atoms with Gasteiger partial charge in [-0.05, 0) is 42.6 Å². The van der Waals surface area contributed by atoms with Crippen LogP contribution in [0.15, 0.2) is 54.7 Å². The molecule has 2 heterocycles. The largest absolute Gasteiger partial charge is 0.353 e. The minimum Gasteiger partial charge on any atom is -0.353 e. The van der Waals surface area contributed by atoms with E-state index in [1.165, 1.54) is 0 Å². The Kier molecular flexibility index (Phi) is 4.39. The molecule has 132 valence electrons. The summed E-state index contributed by atoms with van der Waals surface area (Å²) in [5.74, 6) is 0.927. The number of imidazole rings is 1. The summed E-state index contributed by atoms with van der Waals surface area (Å²) in [6, 6.07) is 15.7. The molecule has 1 N–H and O–H groups in total. The highest BCUT2D eigenvalue weighted by Gasteiger charge is 2.09. The molecule has 0 unspecified atom stereocenters. The van der Waals surface area contributed by atoms with E-state index in [2.05, 4.69) is 14.9 Å². The number of carbonyl (C=O) groups excluding carboxylic acids is 1. The molecule has 0 radical (unpaired) electrons. The summed E-state index contributed by atoms with van der Waals surface area (Å²) in [4.78, 5) is 16.9. The molecule has 4 rings (SSSR count). The van der Waals surface area contributed by atoms with Gasteiger partial charge in [0.2, 0.25) is 5.91 Å². The number of amides is 1. The fourth-order valence-electron chi connectivity index (χ4n) is 3.29. The van der Waals surface area contributed by atoms with Crippen molar-refractivity contribution in [1.29, 1.82) is 0 Å².